The molecule has 0 bridgehead atoms. The molecule has 4 aliphatic rings. The van der Waals surface area contributed by atoms with Crippen molar-refractivity contribution in [3.8, 4) is 22.6 Å². The number of hydrogen-bond acceptors (Lipinski definition) is 11. The zero-order valence-corrected chi connectivity index (χ0v) is 27.8. The van der Waals surface area contributed by atoms with Crippen LogP contribution >= 0.6 is 0 Å². The van der Waals surface area contributed by atoms with Gasteiger partial charge in [0, 0.05) is 49.8 Å². The predicted octanol–water partition coefficient (Wildman–Crippen LogP) is 2.32. The standard InChI is InChI=1S/C36H44N4O8/c1-5-10-39-11-13-40(14-12-39)18-21-15-19(6-9-26(21)48-4)22-7-8-25(41)28-23(22)16-20-17-24-30(38(2)3)32(43)29(35(37)46)34(45)36(24,47)33(44)27(20)31(28)42/h6-9,15,20,24,30,41,43-44,47H,5,10-14,16-18H2,1-4H3,(H2,37,46). The van der Waals surface area contributed by atoms with Crippen molar-refractivity contribution >= 4 is 17.5 Å². The van der Waals surface area contributed by atoms with Crippen molar-refractivity contribution in [3.63, 3.8) is 0 Å². The van der Waals surface area contributed by atoms with Crippen LogP contribution < -0.4 is 10.5 Å². The van der Waals surface area contributed by atoms with Gasteiger partial charge in [-0.3, -0.25) is 24.2 Å². The van der Waals surface area contributed by atoms with Crippen molar-refractivity contribution in [2.75, 3.05) is 53.9 Å². The molecule has 256 valence electrons. The number of hydrogen-bond donors (Lipinski definition) is 5. The highest BCUT2D eigenvalue weighted by Gasteiger charge is 2.63. The van der Waals surface area contributed by atoms with Crippen LogP contribution in [0.1, 0.15) is 41.3 Å². The molecule has 2 aromatic carbocycles. The number of ether oxygens (including phenoxy) is 1. The minimum Gasteiger partial charge on any atom is -0.510 e. The van der Waals surface area contributed by atoms with Gasteiger partial charge in [0.2, 0.25) is 5.78 Å². The quantitative estimate of drug-likeness (QED) is 0.263. The number of aliphatic hydroxyl groups is 3. The number of Topliss-reactive ketones (excluding diaryl/α,β-unsaturated/α-hetero) is 2. The van der Waals surface area contributed by atoms with Crippen molar-refractivity contribution < 1.29 is 39.5 Å². The van der Waals surface area contributed by atoms with Gasteiger partial charge in [-0.1, -0.05) is 19.1 Å². The molecule has 1 amide bonds. The van der Waals surface area contributed by atoms with Crippen LogP contribution in [0.4, 0.5) is 0 Å². The Labute approximate surface area is 279 Å². The van der Waals surface area contributed by atoms with Gasteiger partial charge in [-0.2, -0.15) is 0 Å². The van der Waals surface area contributed by atoms with E-state index in [0.717, 1.165) is 61.6 Å². The summed E-state index contributed by atoms with van der Waals surface area (Å²) < 4.78 is 5.72. The lowest BCUT2D eigenvalue weighted by molar-refractivity contribution is -0.148. The maximum absolute atomic E-state index is 14.2. The number of primary amides is 1. The Morgan fingerprint density at radius 1 is 1.06 bits per heavy atom. The summed E-state index contributed by atoms with van der Waals surface area (Å²) in [4.78, 5) is 46.4. The van der Waals surface area contributed by atoms with Crippen LogP contribution in [-0.4, -0.2) is 118 Å². The number of methoxy groups -OCH3 is 1. The molecule has 6 rings (SSSR count). The smallest absolute Gasteiger partial charge is 0.255 e. The van der Waals surface area contributed by atoms with Gasteiger partial charge >= 0.3 is 0 Å². The number of benzene rings is 2. The van der Waals surface area contributed by atoms with Crippen LogP contribution in [0.5, 0.6) is 11.5 Å². The van der Waals surface area contributed by atoms with E-state index in [-0.39, 0.29) is 29.7 Å². The molecule has 1 fully saturated rings. The van der Waals surface area contributed by atoms with E-state index < -0.39 is 58.0 Å². The van der Waals surface area contributed by atoms with Crippen LogP contribution in [0, 0.1) is 11.8 Å². The zero-order valence-electron chi connectivity index (χ0n) is 27.8. The molecule has 6 N–H and O–H groups in total. The number of carbonyl (C=O) groups is 3. The second-order valence-electron chi connectivity index (χ2n) is 13.6. The summed E-state index contributed by atoms with van der Waals surface area (Å²) in [6.45, 7) is 7.84. The zero-order chi connectivity index (χ0) is 34.7. The number of ketones is 2. The summed E-state index contributed by atoms with van der Waals surface area (Å²) in [5, 5.41) is 45.5. The Morgan fingerprint density at radius 2 is 1.75 bits per heavy atom. The second kappa shape index (κ2) is 12.7. The van der Waals surface area contributed by atoms with Crippen LogP contribution in [0.3, 0.4) is 0 Å². The van der Waals surface area contributed by atoms with E-state index in [4.69, 9.17) is 10.5 Å². The summed E-state index contributed by atoms with van der Waals surface area (Å²) in [5.74, 6) is -5.98. The van der Waals surface area contributed by atoms with Gasteiger partial charge in [0.25, 0.3) is 5.91 Å². The van der Waals surface area contributed by atoms with Gasteiger partial charge in [0.1, 0.15) is 28.6 Å². The molecule has 12 heteroatoms. The first-order valence-corrected chi connectivity index (χ1v) is 16.4. The molecule has 3 aliphatic carbocycles. The van der Waals surface area contributed by atoms with E-state index in [1.165, 1.54) is 11.0 Å². The first-order chi connectivity index (χ1) is 22.8. The molecule has 1 heterocycles. The van der Waals surface area contributed by atoms with Crippen LogP contribution in [0.25, 0.3) is 11.1 Å². The van der Waals surface area contributed by atoms with Gasteiger partial charge in [-0.15, -0.1) is 0 Å². The maximum atomic E-state index is 14.2. The van der Waals surface area contributed by atoms with Crippen LogP contribution in [0.15, 0.2) is 53.0 Å². The number of likely N-dealkylation sites (N-methyl/N-ethyl adjacent to an activating group) is 1. The number of amides is 1. The third-order valence-electron chi connectivity index (χ3n) is 10.6. The lowest BCUT2D eigenvalue weighted by Gasteiger charge is -2.50. The Bertz CT molecular complexity index is 1740. The van der Waals surface area contributed by atoms with Crippen molar-refractivity contribution in [2.24, 2.45) is 17.6 Å². The maximum Gasteiger partial charge on any atom is 0.255 e. The largest absolute Gasteiger partial charge is 0.510 e. The van der Waals surface area contributed by atoms with Crippen molar-refractivity contribution in [2.45, 2.75) is 44.4 Å². The van der Waals surface area contributed by atoms with Crippen molar-refractivity contribution in [1.82, 2.24) is 14.7 Å². The number of allylic oxidation sites excluding steroid dienone is 1. The number of fused-ring (bicyclic) bond motifs is 3. The number of rotatable bonds is 8. The molecular formula is C36H44N4O8. The monoisotopic (exact) mass is 660 g/mol. The number of piperazine rings is 1. The van der Waals surface area contributed by atoms with Gasteiger partial charge in [-0.05, 0) is 80.7 Å². The van der Waals surface area contributed by atoms with E-state index >= 15 is 0 Å². The van der Waals surface area contributed by atoms with E-state index in [2.05, 4.69) is 16.7 Å². The summed E-state index contributed by atoms with van der Waals surface area (Å²) in [5.41, 5.74) is 4.86. The number of nitrogens with two attached hydrogens (primary N) is 1. The molecule has 1 saturated heterocycles. The number of phenols is 1. The fourth-order valence-corrected chi connectivity index (χ4v) is 8.32. The highest BCUT2D eigenvalue weighted by atomic mass is 16.5. The molecule has 1 aliphatic heterocycles. The topological polar surface area (TPSA) is 177 Å². The summed E-state index contributed by atoms with van der Waals surface area (Å²) in [6, 6.07) is 8.02. The van der Waals surface area contributed by atoms with Crippen molar-refractivity contribution in [1.29, 1.82) is 0 Å². The molecule has 0 saturated carbocycles. The average Bonchev–Trinajstić information content (AvgIpc) is 3.03. The minimum absolute atomic E-state index is 0.0160. The number of phenolic OH excluding ortho intramolecular Hbond substituents is 1. The van der Waals surface area contributed by atoms with Gasteiger partial charge < -0.3 is 35.8 Å². The number of aromatic hydroxyl groups is 1. The first-order valence-electron chi connectivity index (χ1n) is 16.4. The lowest BCUT2D eigenvalue weighted by atomic mass is 9.58. The highest BCUT2D eigenvalue weighted by molar-refractivity contribution is 6.24. The van der Waals surface area contributed by atoms with E-state index in [1.54, 1.807) is 27.3 Å². The summed E-state index contributed by atoms with van der Waals surface area (Å²) >= 11 is 0. The molecule has 12 nitrogen and oxygen atoms in total. The number of aliphatic hydroxyl groups excluding tert-OH is 2. The molecule has 4 unspecified atom stereocenters. The van der Waals surface area contributed by atoms with E-state index in [9.17, 15) is 34.8 Å². The Kier molecular flexibility index (Phi) is 8.88. The lowest BCUT2D eigenvalue weighted by Crippen LogP contribution is -2.63. The third kappa shape index (κ3) is 5.27. The first kappa shape index (κ1) is 33.7. The number of carbonyl (C=O) groups excluding carboxylic acids is 3. The van der Waals surface area contributed by atoms with Crippen molar-refractivity contribution in [3.05, 3.63) is 69.7 Å². The van der Waals surface area contributed by atoms with Gasteiger partial charge in [0.05, 0.1) is 18.7 Å². The fraction of sp³-hybridized carbons (Fsp3) is 0.472. The van der Waals surface area contributed by atoms with Crippen LogP contribution in [-0.2, 0) is 22.6 Å². The molecule has 4 atom stereocenters. The Hall–Kier alpha value is -4.23. The molecule has 48 heavy (non-hydrogen) atoms. The normalized spacial score (nSPS) is 26.4. The molecular weight excluding hydrogens is 616 g/mol. The Morgan fingerprint density at radius 3 is 2.38 bits per heavy atom. The van der Waals surface area contributed by atoms with E-state index in [0.29, 0.717) is 12.1 Å². The molecule has 0 aromatic heterocycles. The summed E-state index contributed by atoms with van der Waals surface area (Å²) in [7, 11) is 4.85. The molecule has 0 radical (unpaired) electrons. The van der Waals surface area contributed by atoms with Gasteiger partial charge in [-0.25, -0.2) is 0 Å². The Balaban J connectivity index is 1.41. The van der Waals surface area contributed by atoms with Gasteiger partial charge in [0.15, 0.2) is 11.4 Å². The third-order valence-corrected chi connectivity index (χ3v) is 10.6. The fourth-order valence-electron chi connectivity index (χ4n) is 8.32. The van der Waals surface area contributed by atoms with Crippen LogP contribution in [0.2, 0.25) is 0 Å². The molecule has 0 spiro atoms. The second-order valence-corrected chi connectivity index (χ2v) is 13.6. The SMILES string of the molecule is CCCN1CCN(Cc2cc(-c3ccc(O)c4c3CC3CC5C(N(C)C)C(O)=C(C(N)=O)C(=O)C5(O)C(O)=C3C4=O)ccc2OC)CC1. The average molecular weight is 661 g/mol. The minimum atomic E-state index is -2.68. The summed E-state index contributed by atoms with van der Waals surface area (Å²) in [6.07, 6.45) is 1.36. The number of nitrogens with zero attached hydrogens (tertiary/aromatic N) is 3. The predicted molar refractivity (Wildman–Crippen MR) is 178 cm³/mol. The molecule has 2 aromatic rings. The highest BCUT2D eigenvalue weighted by Crippen LogP contribution is 2.53. The van der Waals surface area contributed by atoms with E-state index in [1.807, 2.05) is 18.2 Å².